The average Bonchev–Trinajstić information content (AvgIpc) is 2.97. The van der Waals surface area contributed by atoms with Crippen LogP contribution >= 0.6 is 38.6 Å². The number of hydrogen-bond acceptors (Lipinski definition) is 3. The maximum Gasteiger partial charge on any atom is 0.124 e. The second-order valence-corrected chi connectivity index (χ2v) is 6.98. The van der Waals surface area contributed by atoms with E-state index in [9.17, 15) is 0 Å². The third-order valence-electron chi connectivity index (χ3n) is 2.62. The van der Waals surface area contributed by atoms with Crippen LogP contribution in [0.1, 0.15) is 4.88 Å². The number of thiazole rings is 1. The first-order chi connectivity index (χ1) is 8.74. The van der Waals surface area contributed by atoms with Crippen LogP contribution < -0.4 is 0 Å². The number of nitrogens with zero attached hydrogens (tertiary/aromatic N) is 1. The van der Waals surface area contributed by atoms with Crippen LogP contribution in [0.15, 0.2) is 46.3 Å². The lowest BCUT2D eigenvalue weighted by Gasteiger charge is -1.96. The van der Waals surface area contributed by atoms with Gasteiger partial charge >= 0.3 is 0 Å². The highest BCUT2D eigenvalue weighted by Gasteiger charge is 2.11. The van der Waals surface area contributed by atoms with E-state index in [4.69, 9.17) is 4.98 Å². The Morgan fingerprint density at radius 3 is 2.78 bits per heavy atom. The first kappa shape index (κ1) is 12.1. The number of benzene rings is 1. The number of aromatic nitrogens is 1. The van der Waals surface area contributed by atoms with Gasteiger partial charge in [-0.1, -0.05) is 34.1 Å². The number of aryl methyl sites for hydroxylation is 1. The van der Waals surface area contributed by atoms with E-state index in [0.29, 0.717) is 0 Å². The normalized spacial score (nSPS) is 10.8. The standard InChI is InChI=1S/C14H10BrNS2/c1-9-13(12-6-3-7-17-12)16-14(18-9)10-4-2-5-11(15)8-10/h2-8H,1H3. The minimum absolute atomic E-state index is 1.08. The van der Waals surface area contributed by atoms with E-state index < -0.39 is 0 Å². The molecule has 0 saturated heterocycles. The van der Waals surface area contributed by atoms with Gasteiger partial charge < -0.3 is 0 Å². The molecular weight excluding hydrogens is 326 g/mol. The van der Waals surface area contributed by atoms with Crippen molar-refractivity contribution in [2.24, 2.45) is 0 Å². The summed E-state index contributed by atoms with van der Waals surface area (Å²) in [5, 5.41) is 3.17. The van der Waals surface area contributed by atoms with Crippen LogP contribution in [0.3, 0.4) is 0 Å². The Bertz CT molecular complexity index is 671. The van der Waals surface area contributed by atoms with Crippen LogP contribution in [0.25, 0.3) is 21.1 Å². The maximum absolute atomic E-state index is 4.77. The lowest BCUT2D eigenvalue weighted by atomic mass is 10.2. The Balaban J connectivity index is 2.08. The van der Waals surface area contributed by atoms with E-state index in [-0.39, 0.29) is 0 Å². The third kappa shape index (κ3) is 2.28. The zero-order valence-corrected chi connectivity index (χ0v) is 12.9. The van der Waals surface area contributed by atoms with Gasteiger partial charge in [0.05, 0.1) is 10.6 Å². The van der Waals surface area contributed by atoms with Crippen molar-refractivity contribution in [3.63, 3.8) is 0 Å². The SMILES string of the molecule is Cc1sc(-c2cccc(Br)c2)nc1-c1cccs1. The molecule has 1 nitrogen and oxygen atoms in total. The van der Waals surface area contributed by atoms with Crippen LogP contribution in [0.5, 0.6) is 0 Å². The summed E-state index contributed by atoms with van der Waals surface area (Å²) in [6, 6.07) is 12.5. The maximum atomic E-state index is 4.77. The topological polar surface area (TPSA) is 12.9 Å². The fourth-order valence-corrected chi connectivity index (χ4v) is 3.94. The van der Waals surface area contributed by atoms with Gasteiger partial charge in [0.15, 0.2) is 0 Å². The lowest BCUT2D eigenvalue weighted by molar-refractivity contribution is 1.39. The number of hydrogen-bond donors (Lipinski definition) is 0. The van der Waals surface area contributed by atoms with Gasteiger partial charge in [-0.2, -0.15) is 0 Å². The second-order valence-electron chi connectivity index (χ2n) is 3.91. The molecule has 0 fully saturated rings. The fraction of sp³-hybridized carbons (Fsp3) is 0.0714. The predicted octanol–water partition coefficient (Wildman–Crippen LogP) is 5.61. The van der Waals surface area contributed by atoms with Crippen molar-refractivity contribution in [1.29, 1.82) is 0 Å². The third-order valence-corrected chi connectivity index (χ3v) is 5.01. The molecule has 0 spiro atoms. The molecule has 4 heteroatoms. The van der Waals surface area contributed by atoms with Gasteiger partial charge in [-0.25, -0.2) is 4.98 Å². The van der Waals surface area contributed by atoms with Crippen molar-refractivity contribution in [2.75, 3.05) is 0 Å². The summed E-state index contributed by atoms with van der Waals surface area (Å²) in [7, 11) is 0. The molecule has 3 aromatic rings. The van der Waals surface area contributed by atoms with E-state index in [0.717, 1.165) is 15.2 Å². The Hall–Kier alpha value is -0.970. The first-order valence-corrected chi connectivity index (χ1v) is 8.00. The highest BCUT2D eigenvalue weighted by atomic mass is 79.9. The smallest absolute Gasteiger partial charge is 0.124 e. The zero-order chi connectivity index (χ0) is 12.5. The molecule has 90 valence electrons. The number of rotatable bonds is 2. The van der Waals surface area contributed by atoms with Gasteiger partial charge in [-0.15, -0.1) is 22.7 Å². The van der Waals surface area contributed by atoms with Crippen molar-refractivity contribution in [3.8, 4) is 21.1 Å². The monoisotopic (exact) mass is 335 g/mol. The van der Waals surface area contributed by atoms with E-state index in [1.54, 1.807) is 22.7 Å². The molecule has 0 radical (unpaired) electrons. The summed E-state index contributed by atoms with van der Waals surface area (Å²) in [4.78, 5) is 7.28. The second kappa shape index (κ2) is 4.96. The Labute approximate surface area is 122 Å². The molecular formula is C14H10BrNS2. The minimum atomic E-state index is 1.08. The molecule has 2 aromatic heterocycles. The van der Waals surface area contributed by atoms with Crippen LogP contribution in [0, 0.1) is 6.92 Å². The predicted molar refractivity (Wildman–Crippen MR) is 83.3 cm³/mol. The molecule has 0 aliphatic heterocycles. The molecule has 0 bridgehead atoms. The summed E-state index contributed by atoms with van der Waals surface area (Å²) in [5.74, 6) is 0. The Kier molecular flexibility index (Phi) is 3.33. The molecule has 0 unspecified atom stereocenters. The summed E-state index contributed by atoms with van der Waals surface area (Å²) in [6.45, 7) is 2.13. The van der Waals surface area contributed by atoms with Gasteiger partial charge in [0.25, 0.3) is 0 Å². The number of halogens is 1. The molecule has 1 aromatic carbocycles. The van der Waals surface area contributed by atoms with E-state index >= 15 is 0 Å². The van der Waals surface area contributed by atoms with Gasteiger partial charge in [-0.3, -0.25) is 0 Å². The molecule has 0 saturated carbocycles. The summed E-state index contributed by atoms with van der Waals surface area (Å²) < 4.78 is 1.09. The van der Waals surface area contributed by atoms with Crippen LogP contribution in [-0.4, -0.2) is 4.98 Å². The summed E-state index contributed by atoms with van der Waals surface area (Å²) >= 11 is 6.99. The van der Waals surface area contributed by atoms with Gasteiger partial charge in [0.1, 0.15) is 5.01 Å². The summed E-state index contributed by atoms with van der Waals surface area (Å²) in [6.07, 6.45) is 0. The molecule has 0 aliphatic carbocycles. The highest BCUT2D eigenvalue weighted by molar-refractivity contribution is 9.10. The van der Waals surface area contributed by atoms with Crippen molar-refractivity contribution in [3.05, 3.63) is 51.1 Å². The van der Waals surface area contributed by atoms with Crippen LogP contribution in [0.2, 0.25) is 0 Å². The quantitative estimate of drug-likeness (QED) is 0.593. The van der Waals surface area contributed by atoms with Crippen LogP contribution in [0.4, 0.5) is 0 Å². The lowest BCUT2D eigenvalue weighted by Crippen LogP contribution is -1.78. The molecule has 2 heterocycles. The average molecular weight is 336 g/mol. The van der Waals surface area contributed by atoms with Crippen molar-refractivity contribution in [2.45, 2.75) is 6.92 Å². The van der Waals surface area contributed by atoms with Crippen molar-refractivity contribution < 1.29 is 0 Å². The van der Waals surface area contributed by atoms with Gasteiger partial charge in [0.2, 0.25) is 0 Å². The van der Waals surface area contributed by atoms with E-state index in [1.807, 2.05) is 12.1 Å². The zero-order valence-electron chi connectivity index (χ0n) is 9.68. The van der Waals surface area contributed by atoms with Crippen molar-refractivity contribution >= 4 is 38.6 Å². The Morgan fingerprint density at radius 2 is 2.06 bits per heavy atom. The largest absolute Gasteiger partial charge is 0.235 e. The molecule has 0 N–H and O–H groups in total. The number of thiophene rings is 1. The molecule has 0 amide bonds. The first-order valence-electron chi connectivity index (χ1n) is 5.51. The minimum Gasteiger partial charge on any atom is -0.235 e. The van der Waals surface area contributed by atoms with Gasteiger partial charge in [0, 0.05) is 14.9 Å². The van der Waals surface area contributed by atoms with Gasteiger partial charge in [-0.05, 0) is 30.5 Å². The highest BCUT2D eigenvalue weighted by Crippen LogP contribution is 2.35. The molecule has 18 heavy (non-hydrogen) atoms. The molecule has 3 rings (SSSR count). The fourth-order valence-electron chi connectivity index (χ4n) is 1.78. The van der Waals surface area contributed by atoms with E-state index in [2.05, 4.69) is 52.5 Å². The summed E-state index contributed by atoms with van der Waals surface area (Å²) in [5.41, 5.74) is 2.28. The van der Waals surface area contributed by atoms with Crippen LogP contribution in [-0.2, 0) is 0 Å². The Morgan fingerprint density at radius 1 is 1.17 bits per heavy atom. The molecule has 0 aliphatic rings. The van der Waals surface area contributed by atoms with Crippen molar-refractivity contribution in [1.82, 2.24) is 4.98 Å². The van der Waals surface area contributed by atoms with E-state index in [1.165, 1.54) is 15.3 Å². The molecule has 0 atom stereocenters.